The molecule has 2 saturated carbocycles. The Balaban J connectivity index is 1.69. The van der Waals surface area contributed by atoms with E-state index in [0.29, 0.717) is 0 Å². The minimum atomic E-state index is 0.739. The van der Waals surface area contributed by atoms with Crippen LogP contribution in [0.25, 0.3) is 0 Å². The number of hydrogen-bond acceptors (Lipinski definition) is 1. The average Bonchev–Trinajstić information content (AvgIpc) is 2.81. The van der Waals surface area contributed by atoms with Gasteiger partial charge in [0, 0.05) is 11.9 Å². The zero-order valence-electron chi connectivity index (χ0n) is 7.56. The Morgan fingerprint density at radius 2 is 2.00 bits per heavy atom. The van der Waals surface area contributed by atoms with Gasteiger partial charge >= 0.3 is 0 Å². The number of alkyl halides is 1. The molecule has 1 nitrogen and oxygen atoms in total. The molecule has 2 aliphatic carbocycles. The molecule has 0 saturated heterocycles. The maximum absolute atomic E-state index is 5.89. The molecule has 0 radical (unpaired) electrons. The van der Waals surface area contributed by atoms with Gasteiger partial charge in [0.05, 0.1) is 0 Å². The molecule has 0 aliphatic heterocycles. The van der Waals surface area contributed by atoms with Crippen molar-refractivity contribution >= 4 is 11.6 Å². The van der Waals surface area contributed by atoms with Crippen LogP contribution in [0.3, 0.4) is 0 Å². The molecule has 2 aliphatic rings. The average molecular weight is 188 g/mol. The van der Waals surface area contributed by atoms with Gasteiger partial charge in [-0.15, -0.1) is 11.6 Å². The minimum Gasteiger partial charge on any atom is -0.313 e. The van der Waals surface area contributed by atoms with E-state index in [0.717, 1.165) is 23.8 Å². The van der Waals surface area contributed by atoms with Crippen LogP contribution >= 0.6 is 11.6 Å². The predicted octanol–water partition coefficient (Wildman–Crippen LogP) is 2.39. The fraction of sp³-hybridized carbons (Fsp3) is 1.00. The largest absolute Gasteiger partial charge is 0.313 e. The third-order valence-electron chi connectivity index (χ3n) is 3.22. The summed E-state index contributed by atoms with van der Waals surface area (Å²) in [5, 5.41) is 3.66. The van der Waals surface area contributed by atoms with Crippen LogP contribution in [0.15, 0.2) is 0 Å². The summed E-state index contributed by atoms with van der Waals surface area (Å²) in [6.45, 7) is 1.25. The van der Waals surface area contributed by atoms with Gasteiger partial charge in [-0.3, -0.25) is 0 Å². The van der Waals surface area contributed by atoms with E-state index in [1.807, 2.05) is 0 Å². The van der Waals surface area contributed by atoms with Crippen LogP contribution in [-0.2, 0) is 0 Å². The van der Waals surface area contributed by atoms with Gasteiger partial charge in [0.25, 0.3) is 0 Å². The van der Waals surface area contributed by atoms with E-state index in [9.17, 15) is 0 Å². The van der Waals surface area contributed by atoms with Gasteiger partial charge in [0.1, 0.15) is 0 Å². The van der Waals surface area contributed by atoms with Crippen LogP contribution in [0.4, 0.5) is 0 Å². The highest BCUT2D eigenvalue weighted by molar-refractivity contribution is 6.18. The number of rotatable bonds is 4. The molecular weight excluding hydrogens is 170 g/mol. The first-order valence-electron chi connectivity index (χ1n) is 5.19. The van der Waals surface area contributed by atoms with Crippen LogP contribution in [0, 0.1) is 11.8 Å². The van der Waals surface area contributed by atoms with Crippen molar-refractivity contribution in [2.24, 2.45) is 11.8 Å². The highest BCUT2D eigenvalue weighted by Gasteiger charge is 2.28. The van der Waals surface area contributed by atoms with Crippen molar-refractivity contribution in [1.29, 1.82) is 0 Å². The summed E-state index contributed by atoms with van der Waals surface area (Å²) in [6.07, 6.45) is 6.96. The summed E-state index contributed by atoms with van der Waals surface area (Å²) in [5.74, 6) is 2.61. The summed E-state index contributed by atoms with van der Waals surface area (Å²) in [5.41, 5.74) is 0. The van der Waals surface area contributed by atoms with Crippen molar-refractivity contribution in [3.63, 3.8) is 0 Å². The van der Waals surface area contributed by atoms with Crippen molar-refractivity contribution in [2.75, 3.05) is 12.4 Å². The molecule has 0 heterocycles. The molecular formula is C10H18ClN. The van der Waals surface area contributed by atoms with Gasteiger partial charge in [-0.2, -0.15) is 0 Å². The van der Waals surface area contributed by atoms with Crippen molar-refractivity contribution in [1.82, 2.24) is 5.32 Å². The third kappa shape index (κ3) is 2.14. The third-order valence-corrected chi connectivity index (χ3v) is 3.62. The molecule has 0 aromatic heterocycles. The summed E-state index contributed by atoms with van der Waals surface area (Å²) in [4.78, 5) is 0. The molecule has 2 rings (SSSR count). The lowest BCUT2D eigenvalue weighted by Gasteiger charge is -2.18. The molecule has 12 heavy (non-hydrogen) atoms. The lowest BCUT2D eigenvalue weighted by molar-refractivity contribution is 0.423. The van der Waals surface area contributed by atoms with E-state index >= 15 is 0 Å². The standard InChI is InChI=1S/C10H18ClN/c11-6-9-2-1-3-10(9)12-7-8-4-5-8/h8-10,12H,1-7H2. The smallest absolute Gasteiger partial charge is 0.0266 e. The quantitative estimate of drug-likeness (QED) is 0.667. The van der Waals surface area contributed by atoms with Crippen LogP contribution in [0.5, 0.6) is 0 Å². The van der Waals surface area contributed by atoms with E-state index < -0.39 is 0 Å². The highest BCUT2D eigenvalue weighted by atomic mass is 35.5. The normalized spacial score (nSPS) is 35.8. The number of hydrogen-bond donors (Lipinski definition) is 1. The molecule has 0 aromatic carbocycles. The summed E-state index contributed by atoms with van der Waals surface area (Å²) in [6, 6.07) is 0.739. The Morgan fingerprint density at radius 3 is 2.67 bits per heavy atom. The van der Waals surface area contributed by atoms with E-state index in [1.54, 1.807) is 0 Å². The van der Waals surface area contributed by atoms with E-state index in [-0.39, 0.29) is 0 Å². The van der Waals surface area contributed by atoms with E-state index in [2.05, 4.69) is 5.32 Å². The van der Waals surface area contributed by atoms with Gasteiger partial charge in [0.2, 0.25) is 0 Å². The van der Waals surface area contributed by atoms with Gasteiger partial charge in [-0.25, -0.2) is 0 Å². The molecule has 2 atom stereocenters. The van der Waals surface area contributed by atoms with Crippen LogP contribution in [-0.4, -0.2) is 18.5 Å². The maximum atomic E-state index is 5.89. The topological polar surface area (TPSA) is 12.0 Å². The second-order valence-corrected chi connectivity index (χ2v) is 4.61. The molecule has 2 fully saturated rings. The monoisotopic (exact) mass is 187 g/mol. The second-order valence-electron chi connectivity index (χ2n) is 4.30. The lowest BCUT2D eigenvalue weighted by atomic mass is 10.1. The van der Waals surface area contributed by atoms with Gasteiger partial charge in [0.15, 0.2) is 0 Å². The molecule has 0 spiro atoms. The van der Waals surface area contributed by atoms with Crippen LogP contribution < -0.4 is 5.32 Å². The first-order valence-corrected chi connectivity index (χ1v) is 5.73. The first kappa shape index (κ1) is 8.83. The predicted molar refractivity (Wildman–Crippen MR) is 52.6 cm³/mol. The Labute approximate surface area is 79.9 Å². The summed E-state index contributed by atoms with van der Waals surface area (Å²) >= 11 is 5.89. The maximum Gasteiger partial charge on any atom is 0.0266 e. The van der Waals surface area contributed by atoms with E-state index in [4.69, 9.17) is 11.6 Å². The van der Waals surface area contributed by atoms with Crippen molar-refractivity contribution in [2.45, 2.75) is 38.1 Å². The Bertz CT molecular complexity index is 145. The van der Waals surface area contributed by atoms with E-state index in [1.165, 1.54) is 38.6 Å². The first-order chi connectivity index (χ1) is 5.90. The SMILES string of the molecule is ClCC1CCCC1NCC1CC1. The van der Waals surface area contributed by atoms with Crippen molar-refractivity contribution in [3.05, 3.63) is 0 Å². The van der Waals surface area contributed by atoms with Gasteiger partial charge < -0.3 is 5.32 Å². The molecule has 0 amide bonds. The second kappa shape index (κ2) is 3.97. The Morgan fingerprint density at radius 1 is 1.17 bits per heavy atom. The van der Waals surface area contributed by atoms with Crippen molar-refractivity contribution < 1.29 is 0 Å². The molecule has 2 heteroatoms. The fourth-order valence-corrected chi connectivity index (χ4v) is 2.50. The van der Waals surface area contributed by atoms with Gasteiger partial charge in [-0.05, 0) is 44.1 Å². The van der Waals surface area contributed by atoms with Crippen molar-refractivity contribution in [3.8, 4) is 0 Å². The molecule has 70 valence electrons. The minimum absolute atomic E-state index is 0.739. The summed E-state index contributed by atoms with van der Waals surface area (Å²) < 4.78 is 0. The molecule has 2 unspecified atom stereocenters. The lowest BCUT2D eigenvalue weighted by Crippen LogP contribution is -2.34. The Hall–Kier alpha value is 0.250. The van der Waals surface area contributed by atoms with Crippen LogP contribution in [0.1, 0.15) is 32.1 Å². The molecule has 1 N–H and O–H groups in total. The molecule has 0 bridgehead atoms. The van der Waals surface area contributed by atoms with Gasteiger partial charge in [-0.1, -0.05) is 6.42 Å². The highest BCUT2D eigenvalue weighted by Crippen LogP contribution is 2.30. The number of halogens is 1. The summed E-state index contributed by atoms with van der Waals surface area (Å²) in [7, 11) is 0. The fourth-order valence-electron chi connectivity index (χ4n) is 2.13. The van der Waals surface area contributed by atoms with Crippen LogP contribution in [0.2, 0.25) is 0 Å². The Kier molecular flexibility index (Phi) is 2.92. The zero-order chi connectivity index (χ0) is 8.39. The number of nitrogens with one attached hydrogen (secondary N) is 1. The zero-order valence-corrected chi connectivity index (χ0v) is 8.32. The molecule has 0 aromatic rings.